The van der Waals surface area contributed by atoms with Crippen LogP contribution >= 0.6 is 0 Å². The van der Waals surface area contributed by atoms with Gasteiger partial charge < -0.3 is 9.47 Å². The predicted octanol–water partition coefficient (Wildman–Crippen LogP) is 3.29. The minimum atomic E-state index is -0.517. The number of hydrogen-bond acceptors (Lipinski definition) is 3. The second-order valence-electron chi connectivity index (χ2n) is 4.26. The van der Waals surface area contributed by atoms with Crippen molar-refractivity contribution < 1.29 is 9.47 Å². The lowest BCUT2D eigenvalue weighted by atomic mass is 9.86. The van der Waals surface area contributed by atoms with Crippen LogP contribution in [-0.4, -0.2) is 13.2 Å². The van der Waals surface area contributed by atoms with Crippen LogP contribution in [0, 0.1) is 11.3 Å². The monoisotopic (exact) mass is 233 g/mol. The van der Waals surface area contributed by atoms with Gasteiger partial charge in [0.15, 0.2) is 11.5 Å². The van der Waals surface area contributed by atoms with Gasteiger partial charge in [-0.05, 0) is 45.4 Å². The number of rotatable bonds is 5. The van der Waals surface area contributed by atoms with Crippen molar-refractivity contribution in [2.45, 2.75) is 33.1 Å². The topological polar surface area (TPSA) is 42.2 Å². The van der Waals surface area contributed by atoms with E-state index in [0.717, 1.165) is 11.3 Å². The van der Waals surface area contributed by atoms with Gasteiger partial charge in [-0.3, -0.25) is 0 Å². The Hall–Kier alpha value is -1.69. The van der Waals surface area contributed by atoms with Crippen LogP contribution in [0.15, 0.2) is 18.2 Å². The minimum Gasteiger partial charge on any atom is -0.490 e. The van der Waals surface area contributed by atoms with Gasteiger partial charge in [-0.2, -0.15) is 5.26 Å². The average Bonchev–Trinajstić information content (AvgIpc) is 2.32. The Morgan fingerprint density at radius 3 is 2.24 bits per heavy atom. The van der Waals surface area contributed by atoms with Gasteiger partial charge in [0, 0.05) is 0 Å². The van der Waals surface area contributed by atoms with Crippen molar-refractivity contribution in [1.82, 2.24) is 0 Å². The van der Waals surface area contributed by atoms with E-state index in [1.165, 1.54) is 0 Å². The molecule has 0 aliphatic rings. The molecule has 92 valence electrons. The summed E-state index contributed by atoms with van der Waals surface area (Å²) in [7, 11) is 0. The SMILES string of the molecule is CCOc1ccc(C(C)(C)C#N)cc1OCC. The van der Waals surface area contributed by atoms with E-state index in [4.69, 9.17) is 14.7 Å². The minimum absolute atomic E-state index is 0.517. The molecule has 0 spiro atoms. The van der Waals surface area contributed by atoms with Gasteiger partial charge in [0.25, 0.3) is 0 Å². The van der Waals surface area contributed by atoms with E-state index >= 15 is 0 Å². The summed E-state index contributed by atoms with van der Waals surface area (Å²) in [5.74, 6) is 1.43. The summed E-state index contributed by atoms with van der Waals surface area (Å²) in [6.45, 7) is 8.81. The highest BCUT2D eigenvalue weighted by atomic mass is 16.5. The highest BCUT2D eigenvalue weighted by molar-refractivity contribution is 5.46. The van der Waals surface area contributed by atoms with Crippen LogP contribution in [0.3, 0.4) is 0 Å². The van der Waals surface area contributed by atoms with Crippen LogP contribution in [-0.2, 0) is 5.41 Å². The molecular formula is C14H19NO2. The number of hydrogen-bond donors (Lipinski definition) is 0. The summed E-state index contributed by atoms with van der Waals surface area (Å²) in [6.07, 6.45) is 0. The Morgan fingerprint density at radius 2 is 1.71 bits per heavy atom. The molecule has 0 bridgehead atoms. The Morgan fingerprint density at radius 1 is 1.12 bits per heavy atom. The molecule has 0 aliphatic carbocycles. The fraction of sp³-hybridized carbons (Fsp3) is 0.500. The lowest BCUT2D eigenvalue weighted by Crippen LogP contribution is -2.14. The summed E-state index contributed by atoms with van der Waals surface area (Å²) < 4.78 is 11.0. The largest absolute Gasteiger partial charge is 0.490 e. The molecule has 0 fully saturated rings. The van der Waals surface area contributed by atoms with Gasteiger partial charge in [-0.15, -0.1) is 0 Å². The Balaban J connectivity index is 3.14. The molecule has 0 aliphatic heterocycles. The maximum absolute atomic E-state index is 9.12. The average molecular weight is 233 g/mol. The van der Waals surface area contributed by atoms with Crippen LogP contribution < -0.4 is 9.47 Å². The number of nitriles is 1. The van der Waals surface area contributed by atoms with E-state index in [0.29, 0.717) is 19.0 Å². The molecule has 0 saturated heterocycles. The number of nitrogens with zero attached hydrogens (tertiary/aromatic N) is 1. The van der Waals surface area contributed by atoms with Crippen LogP contribution in [0.25, 0.3) is 0 Å². The van der Waals surface area contributed by atoms with Crippen molar-refractivity contribution >= 4 is 0 Å². The lowest BCUT2D eigenvalue weighted by Gasteiger charge is -2.18. The first-order chi connectivity index (χ1) is 8.05. The molecule has 0 heterocycles. The molecule has 0 atom stereocenters. The Kier molecular flexibility index (Phi) is 4.39. The first kappa shape index (κ1) is 13.4. The molecule has 17 heavy (non-hydrogen) atoms. The van der Waals surface area contributed by atoms with E-state index in [1.807, 2.05) is 45.9 Å². The zero-order chi connectivity index (χ0) is 12.9. The quantitative estimate of drug-likeness (QED) is 0.783. The summed E-state index contributed by atoms with van der Waals surface area (Å²) >= 11 is 0. The van der Waals surface area contributed by atoms with Gasteiger partial charge in [0.1, 0.15) is 0 Å². The zero-order valence-corrected chi connectivity index (χ0v) is 10.9. The highest BCUT2D eigenvalue weighted by Gasteiger charge is 2.21. The molecule has 3 nitrogen and oxygen atoms in total. The van der Waals surface area contributed by atoms with E-state index in [-0.39, 0.29) is 0 Å². The highest BCUT2D eigenvalue weighted by Crippen LogP contribution is 2.33. The zero-order valence-electron chi connectivity index (χ0n) is 10.9. The summed E-state index contributed by atoms with van der Waals surface area (Å²) in [5, 5.41) is 9.12. The molecule has 0 amide bonds. The third-order valence-electron chi connectivity index (χ3n) is 2.54. The maximum atomic E-state index is 9.12. The fourth-order valence-electron chi connectivity index (χ4n) is 1.50. The van der Waals surface area contributed by atoms with Gasteiger partial charge in [-0.1, -0.05) is 6.07 Å². The molecule has 1 rings (SSSR count). The fourth-order valence-corrected chi connectivity index (χ4v) is 1.50. The Bertz CT molecular complexity index is 419. The molecule has 0 radical (unpaired) electrons. The van der Waals surface area contributed by atoms with Crippen LogP contribution in [0.1, 0.15) is 33.3 Å². The van der Waals surface area contributed by atoms with Crippen molar-refractivity contribution in [2.75, 3.05) is 13.2 Å². The van der Waals surface area contributed by atoms with E-state index in [1.54, 1.807) is 0 Å². The van der Waals surface area contributed by atoms with E-state index in [9.17, 15) is 0 Å². The van der Waals surface area contributed by atoms with E-state index in [2.05, 4.69) is 6.07 Å². The smallest absolute Gasteiger partial charge is 0.161 e. The lowest BCUT2D eigenvalue weighted by molar-refractivity contribution is 0.287. The van der Waals surface area contributed by atoms with Gasteiger partial charge >= 0.3 is 0 Å². The maximum Gasteiger partial charge on any atom is 0.161 e. The van der Waals surface area contributed by atoms with Crippen molar-refractivity contribution in [3.8, 4) is 17.6 Å². The third-order valence-corrected chi connectivity index (χ3v) is 2.54. The first-order valence-electron chi connectivity index (χ1n) is 5.86. The molecular weight excluding hydrogens is 214 g/mol. The molecule has 0 N–H and O–H groups in total. The second kappa shape index (κ2) is 5.58. The molecule has 1 aromatic carbocycles. The van der Waals surface area contributed by atoms with Crippen molar-refractivity contribution in [2.24, 2.45) is 0 Å². The van der Waals surface area contributed by atoms with Gasteiger partial charge in [0.05, 0.1) is 24.7 Å². The third kappa shape index (κ3) is 3.13. The van der Waals surface area contributed by atoms with Crippen LogP contribution in [0.2, 0.25) is 0 Å². The van der Waals surface area contributed by atoms with Crippen molar-refractivity contribution in [3.05, 3.63) is 23.8 Å². The number of benzene rings is 1. The predicted molar refractivity (Wildman–Crippen MR) is 67.4 cm³/mol. The normalized spacial score (nSPS) is 10.8. The molecule has 3 heteroatoms. The van der Waals surface area contributed by atoms with Gasteiger partial charge in [0.2, 0.25) is 0 Å². The second-order valence-corrected chi connectivity index (χ2v) is 4.26. The molecule has 1 aromatic rings. The first-order valence-corrected chi connectivity index (χ1v) is 5.86. The van der Waals surface area contributed by atoms with Crippen molar-refractivity contribution in [1.29, 1.82) is 5.26 Å². The summed E-state index contributed by atoms with van der Waals surface area (Å²) in [6, 6.07) is 7.95. The van der Waals surface area contributed by atoms with Crippen LogP contribution in [0.4, 0.5) is 0 Å². The number of ether oxygens (including phenoxy) is 2. The molecule has 0 unspecified atom stereocenters. The molecule has 0 aromatic heterocycles. The Labute approximate surface area is 103 Å². The van der Waals surface area contributed by atoms with Crippen molar-refractivity contribution in [3.63, 3.8) is 0 Å². The summed E-state index contributed by atoms with van der Waals surface area (Å²) in [5.41, 5.74) is 0.420. The standard InChI is InChI=1S/C14H19NO2/c1-5-16-12-8-7-11(14(3,4)10-15)9-13(12)17-6-2/h7-9H,5-6H2,1-4H3. The summed E-state index contributed by atoms with van der Waals surface area (Å²) in [4.78, 5) is 0. The van der Waals surface area contributed by atoms with Gasteiger partial charge in [-0.25, -0.2) is 0 Å². The molecule has 0 saturated carbocycles. The van der Waals surface area contributed by atoms with E-state index < -0.39 is 5.41 Å². The van der Waals surface area contributed by atoms with Crippen LogP contribution in [0.5, 0.6) is 11.5 Å².